The normalized spacial score (nSPS) is 21.0. The number of piperazine rings is 1. The maximum absolute atomic E-state index is 13.3. The Bertz CT molecular complexity index is 423. The first kappa shape index (κ1) is 14.9. The molecule has 1 fully saturated rings. The van der Waals surface area contributed by atoms with E-state index in [1.165, 1.54) is 12.0 Å². The van der Waals surface area contributed by atoms with Crippen LogP contribution in [0.25, 0.3) is 0 Å². The highest BCUT2D eigenvalue weighted by Crippen LogP contribution is 2.20. The second kappa shape index (κ2) is 6.82. The van der Waals surface area contributed by atoms with Gasteiger partial charge in [0.2, 0.25) is 0 Å². The molecule has 1 aromatic carbocycles. The molecular weight excluding hydrogens is 307 g/mol. The smallest absolute Gasteiger partial charge is 0.137 e. The van der Waals surface area contributed by atoms with E-state index < -0.39 is 0 Å². The van der Waals surface area contributed by atoms with E-state index in [9.17, 15) is 4.39 Å². The topological polar surface area (TPSA) is 15.3 Å². The Morgan fingerprint density at radius 2 is 2.26 bits per heavy atom. The van der Waals surface area contributed by atoms with Crippen molar-refractivity contribution in [2.45, 2.75) is 32.9 Å². The van der Waals surface area contributed by atoms with Crippen LogP contribution in [0.5, 0.6) is 0 Å². The minimum absolute atomic E-state index is 0.192. The first-order chi connectivity index (χ1) is 9.06. The van der Waals surface area contributed by atoms with Crippen LogP contribution in [0.2, 0.25) is 0 Å². The van der Waals surface area contributed by atoms with Gasteiger partial charge in [-0.05, 0) is 46.0 Å². The van der Waals surface area contributed by atoms with E-state index in [4.69, 9.17) is 0 Å². The molecule has 1 aromatic rings. The third kappa shape index (κ3) is 4.26. The second-order valence-electron chi connectivity index (χ2n) is 5.71. The SMILES string of the molecule is CC(C)CC1CNCCN1Cc1ccc(F)c(Br)c1. The molecule has 4 heteroatoms. The number of hydrogen-bond acceptors (Lipinski definition) is 2. The molecule has 0 spiro atoms. The van der Waals surface area contributed by atoms with Gasteiger partial charge in [0, 0.05) is 32.2 Å². The second-order valence-corrected chi connectivity index (χ2v) is 6.56. The van der Waals surface area contributed by atoms with E-state index in [0.717, 1.165) is 26.2 Å². The molecule has 19 heavy (non-hydrogen) atoms. The number of hydrogen-bond donors (Lipinski definition) is 1. The summed E-state index contributed by atoms with van der Waals surface area (Å²) in [5.74, 6) is 0.509. The molecule has 0 amide bonds. The summed E-state index contributed by atoms with van der Waals surface area (Å²) in [6.07, 6.45) is 1.20. The fraction of sp³-hybridized carbons (Fsp3) is 0.600. The van der Waals surface area contributed by atoms with Crippen molar-refractivity contribution >= 4 is 15.9 Å². The van der Waals surface area contributed by atoms with Crippen LogP contribution >= 0.6 is 15.9 Å². The zero-order valence-corrected chi connectivity index (χ0v) is 13.2. The summed E-state index contributed by atoms with van der Waals surface area (Å²) in [5, 5.41) is 3.47. The number of nitrogens with one attached hydrogen (secondary N) is 1. The predicted molar refractivity (Wildman–Crippen MR) is 80.6 cm³/mol. The van der Waals surface area contributed by atoms with Gasteiger partial charge >= 0.3 is 0 Å². The first-order valence-corrected chi connectivity index (χ1v) is 7.74. The zero-order valence-electron chi connectivity index (χ0n) is 11.6. The molecule has 0 saturated carbocycles. The third-order valence-electron chi connectivity index (χ3n) is 3.59. The van der Waals surface area contributed by atoms with E-state index >= 15 is 0 Å². The highest BCUT2D eigenvalue weighted by molar-refractivity contribution is 9.10. The largest absolute Gasteiger partial charge is 0.314 e. The lowest BCUT2D eigenvalue weighted by atomic mass is 10.00. The Balaban J connectivity index is 2.04. The van der Waals surface area contributed by atoms with E-state index in [2.05, 4.69) is 40.0 Å². The Morgan fingerprint density at radius 3 is 2.95 bits per heavy atom. The van der Waals surface area contributed by atoms with Gasteiger partial charge in [-0.1, -0.05) is 19.9 Å². The quantitative estimate of drug-likeness (QED) is 0.911. The van der Waals surface area contributed by atoms with Gasteiger partial charge in [0.05, 0.1) is 4.47 Å². The molecule has 0 aliphatic carbocycles. The number of benzene rings is 1. The van der Waals surface area contributed by atoms with Gasteiger partial charge in [-0.3, -0.25) is 4.90 Å². The van der Waals surface area contributed by atoms with Crippen LogP contribution in [-0.4, -0.2) is 30.6 Å². The molecule has 0 aromatic heterocycles. The van der Waals surface area contributed by atoms with Gasteiger partial charge < -0.3 is 5.32 Å². The van der Waals surface area contributed by atoms with Gasteiger partial charge in [-0.25, -0.2) is 4.39 Å². The summed E-state index contributed by atoms with van der Waals surface area (Å²) in [6.45, 7) is 8.59. The molecule has 2 nitrogen and oxygen atoms in total. The van der Waals surface area contributed by atoms with Crippen LogP contribution < -0.4 is 5.32 Å². The average molecular weight is 329 g/mol. The van der Waals surface area contributed by atoms with Crippen LogP contribution in [0.1, 0.15) is 25.8 Å². The standard InChI is InChI=1S/C15H22BrFN2/c1-11(2)7-13-9-18-5-6-19(13)10-12-3-4-15(17)14(16)8-12/h3-4,8,11,13,18H,5-7,9-10H2,1-2H3. The van der Waals surface area contributed by atoms with Crippen molar-refractivity contribution in [2.24, 2.45) is 5.92 Å². The van der Waals surface area contributed by atoms with Crippen molar-refractivity contribution in [2.75, 3.05) is 19.6 Å². The lowest BCUT2D eigenvalue weighted by molar-refractivity contribution is 0.134. The Hall–Kier alpha value is -0.450. The Morgan fingerprint density at radius 1 is 1.47 bits per heavy atom. The highest BCUT2D eigenvalue weighted by Gasteiger charge is 2.22. The molecule has 1 heterocycles. The van der Waals surface area contributed by atoms with Crippen molar-refractivity contribution < 1.29 is 4.39 Å². The third-order valence-corrected chi connectivity index (χ3v) is 4.19. The van der Waals surface area contributed by atoms with Crippen LogP contribution in [0, 0.1) is 11.7 Å². The van der Waals surface area contributed by atoms with E-state index in [1.807, 2.05) is 12.1 Å². The molecule has 1 unspecified atom stereocenters. The minimum Gasteiger partial charge on any atom is -0.314 e. The molecule has 1 saturated heterocycles. The molecule has 2 rings (SSSR count). The summed E-state index contributed by atoms with van der Waals surface area (Å²) in [6, 6.07) is 5.90. The van der Waals surface area contributed by atoms with E-state index in [-0.39, 0.29) is 5.82 Å². The molecule has 1 atom stereocenters. The van der Waals surface area contributed by atoms with Gasteiger partial charge in [0.1, 0.15) is 5.82 Å². The molecule has 0 bridgehead atoms. The van der Waals surface area contributed by atoms with Gasteiger partial charge in [-0.2, -0.15) is 0 Å². The van der Waals surface area contributed by atoms with Crippen LogP contribution in [0.4, 0.5) is 4.39 Å². The van der Waals surface area contributed by atoms with Crippen molar-refractivity contribution in [1.82, 2.24) is 10.2 Å². The molecule has 106 valence electrons. The number of nitrogens with zero attached hydrogens (tertiary/aromatic N) is 1. The van der Waals surface area contributed by atoms with Crippen LogP contribution in [-0.2, 0) is 6.54 Å². The predicted octanol–water partition coefficient (Wildman–Crippen LogP) is 3.41. The lowest BCUT2D eigenvalue weighted by Gasteiger charge is -2.37. The van der Waals surface area contributed by atoms with Gasteiger partial charge in [0.25, 0.3) is 0 Å². The van der Waals surface area contributed by atoms with Crippen molar-refractivity contribution in [3.05, 3.63) is 34.1 Å². The summed E-state index contributed by atoms with van der Waals surface area (Å²) < 4.78 is 13.8. The van der Waals surface area contributed by atoms with E-state index in [0.29, 0.717) is 16.4 Å². The summed E-state index contributed by atoms with van der Waals surface area (Å²) in [4.78, 5) is 2.51. The highest BCUT2D eigenvalue weighted by atomic mass is 79.9. The minimum atomic E-state index is -0.192. The maximum atomic E-state index is 13.3. The van der Waals surface area contributed by atoms with Crippen LogP contribution in [0.15, 0.2) is 22.7 Å². The summed E-state index contributed by atoms with van der Waals surface area (Å²) in [5.41, 5.74) is 1.17. The van der Waals surface area contributed by atoms with Crippen molar-refractivity contribution in [3.8, 4) is 0 Å². The van der Waals surface area contributed by atoms with Crippen LogP contribution in [0.3, 0.4) is 0 Å². The summed E-state index contributed by atoms with van der Waals surface area (Å²) in [7, 11) is 0. The van der Waals surface area contributed by atoms with Crippen molar-refractivity contribution in [1.29, 1.82) is 0 Å². The fourth-order valence-corrected chi connectivity index (χ4v) is 3.09. The molecule has 1 aliphatic rings. The summed E-state index contributed by atoms with van der Waals surface area (Å²) >= 11 is 3.26. The maximum Gasteiger partial charge on any atom is 0.137 e. The number of halogens is 2. The van der Waals surface area contributed by atoms with Crippen molar-refractivity contribution in [3.63, 3.8) is 0 Å². The zero-order chi connectivity index (χ0) is 13.8. The Labute approximate surface area is 123 Å². The van der Waals surface area contributed by atoms with Gasteiger partial charge in [0.15, 0.2) is 0 Å². The van der Waals surface area contributed by atoms with Gasteiger partial charge in [-0.15, -0.1) is 0 Å². The number of rotatable bonds is 4. The lowest BCUT2D eigenvalue weighted by Crippen LogP contribution is -2.51. The molecule has 1 aliphatic heterocycles. The first-order valence-electron chi connectivity index (χ1n) is 6.95. The average Bonchev–Trinajstić information content (AvgIpc) is 2.36. The molecule has 0 radical (unpaired) electrons. The monoisotopic (exact) mass is 328 g/mol. The Kier molecular flexibility index (Phi) is 5.37. The van der Waals surface area contributed by atoms with E-state index in [1.54, 1.807) is 6.07 Å². The molecular formula is C15H22BrFN2. The molecule has 1 N–H and O–H groups in total. The fourth-order valence-electron chi connectivity index (χ4n) is 2.66.